The van der Waals surface area contributed by atoms with E-state index in [1.807, 2.05) is 45.0 Å². The SMILES string of the molecule is CC(C)CNS(=O)(=O)c1ccc(OCC(=O)N2c3ccccc3C[C@H]2C)cc1. The molecule has 7 heteroatoms. The van der Waals surface area contributed by atoms with Gasteiger partial charge in [0.25, 0.3) is 5.91 Å². The minimum absolute atomic E-state index is 0.0908. The summed E-state index contributed by atoms with van der Waals surface area (Å²) < 4.78 is 32.6. The molecule has 0 saturated heterocycles. The fourth-order valence-electron chi connectivity index (χ4n) is 3.23. The minimum atomic E-state index is -3.54. The van der Waals surface area contributed by atoms with Crippen LogP contribution in [0.2, 0.25) is 0 Å². The van der Waals surface area contributed by atoms with Crippen LogP contribution in [-0.4, -0.2) is 33.5 Å². The highest BCUT2D eigenvalue weighted by atomic mass is 32.2. The number of carbonyl (C=O) groups excluding carboxylic acids is 1. The highest BCUT2D eigenvalue weighted by Crippen LogP contribution is 2.31. The van der Waals surface area contributed by atoms with Crippen LogP contribution in [0.5, 0.6) is 5.75 Å². The zero-order chi connectivity index (χ0) is 20.3. The average molecular weight is 403 g/mol. The average Bonchev–Trinajstić information content (AvgIpc) is 3.00. The van der Waals surface area contributed by atoms with Crippen molar-refractivity contribution in [3.05, 3.63) is 54.1 Å². The molecule has 150 valence electrons. The summed E-state index contributed by atoms with van der Waals surface area (Å²) in [5.41, 5.74) is 2.09. The summed E-state index contributed by atoms with van der Waals surface area (Å²) in [6, 6.07) is 14.1. The van der Waals surface area contributed by atoms with Gasteiger partial charge in [-0.15, -0.1) is 0 Å². The van der Waals surface area contributed by atoms with Gasteiger partial charge in [0.05, 0.1) is 4.90 Å². The van der Waals surface area contributed by atoms with Crippen LogP contribution in [0.4, 0.5) is 5.69 Å². The Balaban J connectivity index is 1.62. The molecule has 28 heavy (non-hydrogen) atoms. The van der Waals surface area contributed by atoms with Gasteiger partial charge in [0.2, 0.25) is 10.0 Å². The first kappa shape index (κ1) is 20.4. The number of hydrogen-bond donors (Lipinski definition) is 1. The van der Waals surface area contributed by atoms with Crippen LogP contribution < -0.4 is 14.4 Å². The van der Waals surface area contributed by atoms with Gasteiger partial charge in [0, 0.05) is 18.3 Å². The molecule has 3 rings (SSSR count). The molecule has 1 aliphatic heterocycles. The fraction of sp³-hybridized carbons (Fsp3) is 0.381. The molecule has 0 aromatic heterocycles. The van der Waals surface area contributed by atoms with Gasteiger partial charge in [-0.3, -0.25) is 4.79 Å². The normalized spacial score (nSPS) is 16.3. The van der Waals surface area contributed by atoms with Crippen molar-refractivity contribution in [2.24, 2.45) is 5.92 Å². The number of hydrogen-bond acceptors (Lipinski definition) is 4. The van der Waals surface area contributed by atoms with Gasteiger partial charge in [-0.2, -0.15) is 0 Å². The Labute approximate surface area is 166 Å². The molecule has 0 unspecified atom stereocenters. The van der Waals surface area contributed by atoms with Crippen molar-refractivity contribution in [3.63, 3.8) is 0 Å². The lowest BCUT2D eigenvalue weighted by Crippen LogP contribution is -2.39. The van der Waals surface area contributed by atoms with Crippen LogP contribution in [0.15, 0.2) is 53.4 Å². The molecule has 1 atom stereocenters. The zero-order valence-electron chi connectivity index (χ0n) is 16.4. The number of anilines is 1. The number of nitrogens with zero attached hydrogens (tertiary/aromatic N) is 1. The molecule has 0 radical (unpaired) electrons. The molecule has 0 fully saturated rings. The van der Waals surface area contributed by atoms with Crippen molar-refractivity contribution < 1.29 is 17.9 Å². The van der Waals surface area contributed by atoms with Gasteiger partial charge in [-0.05, 0) is 55.2 Å². The summed E-state index contributed by atoms with van der Waals surface area (Å²) in [7, 11) is -3.54. The summed E-state index contributed by atoms with van der Waals surface area (Å²) in [6.07, 6.45) is 0.831. The number of rotatable bonds is 7. The first-order valence-corrected chi connectivity index (χ1v) is 10.9. The first-order valence-electron chi connectivity index (χ1n) is 9.40. The van der Waals surface area contributed by atoms with Crippen molar-refractivity contribution in [1.29, 1.82) is 0 Å². The standard InChI is InChI=1S/C21H26N2O4S/c1-15(2)13-22-28(25,26)19-10-8-18(9-11-19)27-14-21(24)23-16(3)12-17-6-4-5-7-20(17)23/h4-11,15-16,22H,12-14H2,1-3H3/t16-/m1/s1. The molecule has 2 aromatic carbocycles. The molecule has 1 aliphatic rings. The Bertz CT molecular complexity index is 939. The highest BCUT2D eigenvalue weighted by molar-refractivity contribution is 7.89. The van der Waals surface area contributed by atoms with E-state index >= 15 is 0 Å². The molecule has 1 heterocycles. The quantitative estimate of drug-likeness (QED) is 0.773. The fourth-order valence-corrected chi connectivity index (χ4v) is 4.45. The Hall–Kier alpha value is -2.38. The third kappa shape index (κ3) is 4.54. The molecule has 0 bridgehead atoms. The molecule has 0 saturated carbocycles. The van der Waals surface area contributed by atoms with Gasteiger partial charge in [0.1, 0.15) is 5.75 Å². The van der Waals surface area contributed by atoms with Gasteiger partial charge in [-0.25, -0.2) is 13.1 Å². The summed E-state index contributed by atoms with van der Waals surface area (Å²) in [5, 5.41) is 0. The van der Waals surface area contributed by atoms with Crippen LogP contribution in [-0.2, 0) is 21.2 Å². The second-order valence-corrected chi connectivity index (χ2v) is 9.22. The van der Waals surface area contributed by atoms with Crippen molar-refractivity contribution in [2.45, 2.75) is 38.1 Å². The lowest BCUT2D eigenvalue weighted by molar-refractivity contribution is -0.120. The molecule has 6 nitrogen and oxygen atoms in total. The van der Waals surface area contributed by atoms with E-state index in [4.69, 9.17) is 4.74 Å². The van der Waals surface area contributed by atoms with E-state index in [1.165, 1.54) is 12.1 Å². The third-order valence-corrected chi connectivity index (χ3v) is 6.09. The molecule has 1 amide bonds. The second kappa shape index (κ2) is 8.32. The number of carbonyl (C=O) groups is 1. The largest absolute Gasteiger partial charge is 0.484 e. The van der Waals surface area contributed by atoms with E-state index in [9.17, 15) is 13.2 Å². The van der Waals surface area contributed by atoms with E-state index in [-0.39, 0.29) is 29.4 Å². The molecule has 1 N–H and O–H groups in total. The lowest BCUT2D eigenvalue weighted by atomic mass is 10.1. The van der Waals surface area contributed by atoms with Crippen molar-refractivity contribution >= 4 is 21.6 Å². The number of para-hydroxylation sites is 1. The smallest absolute Gasteiger partial charge is 0.265 e. The van der Waals surface area contributed by atoms with E-state index < -0.39 is 10.0 Å². The highest BCUT2D eigenvalue weighted by Gasteiger charge is 2.30. The van der Waals surface area contributed by atoms with Crippen LogP contribution in [0.3, 0.4) is 0 Å². The molecule has 2 aromatic rings. The van der Waals surface area contributed by atoms with Gasteiger partial charge >= 0.3 is 0 Å². The minimum Gasteiger partial charge on any atom is -0.484 e. The van der Waals surface area contributed by atoms with Crippen molar-refractivity contribution in [2.75, 3.05) is 18.1 Å². The number of amides is 1. The zero-order valence-corrected chi connectivity index (χ0v) is 17.2. The summed E-state index contributed by atoms with van der Waals surface area (Å²) in [6.45, 7) is 6.18. The Morgan fingerprint density at radius 3 is 2.54 bits per heavy atom. The van der Waals surface area contributed by atoms with E-state index in [0.717, 1.165) is 17.7 Å². The topological polar surface area (TPSA) is 75.7 Å². The monoisotopic (exact) mass is 402 g/mol. The number of fused-ring (bicyclic) bond motifs is 1. The van der Waals surface area contributed by atoms with Crippen LogP contribution in [0.25, 0.3) is 0 Å². The number of nitrogens with one attached hydrogen (secondary N) is 1. The van der Waals surface area contributed by atoms with Crippen LogP contribution in [0, 0.1) is 5.92 Å². The van der Waals surface area contributed by atoms with Gasteiger partial charge in [0.15, 0.2) is 6.61 Å². The van der Waals surface area contributed by atoms with Crippen molar-refractivity contribution in [3.8, 4) is 5.75 Å². The molecular weight excluding hydrogens is 376 g/mol. The molecular formula is C21H26N2O4S. The maximum atomic E-state index is 12.7. The lowest BCUT2D eigenvalue weighted by Gasteiger charge is -2.22. The summed E-state index contributed by atoms with van der Waals surface area (Å²) >= 11 is 0. The predicted octanol–water partition coefficient (Wildman–Crippen LogP) is 2.98. The van der Waals surface area contributed by atoms with E-state index in [1.54, 1.807) is 17.0 Å². The Morgan fingerprint density at radius 2 is 1.86 bits per heavy atom. The Kier molecular flexibility index (Phi) is 6.05. The number of ether oxygens (including phenoxy) is 1. The van der Waals surface area contributed by atoms with Crippen molar-refractivity contribution in [1.82, 2.24) is 4.72 Å². The predicted molar refractivity (Wildman–Crippen MR) is 109 cm³/mol. The Morgan fingerprint density at radius 1 is 1.18 bits per heavy atom. The maximum Gasteiger partial charge on any atom is 0.265 e. The van der Waals surface area contributed by atoms with Crippen LogP contribution >= 0.6 is 0 Å². The number of sulfonamides is 1. The first-order chi connectivity index (χ1) is 13.3. The molecule has 0 spiro atoms. The van der Waals surface area contributed by atoms with Gasteiger partial charge in [-0.1, -0.05) is 32.0 Å². The summed E-state index contributed by atoms with van der Waals surface area (Å²) in [5.74, 6) is 0.561. The van der Waals surface area contributed by atoms with Gasteiger partial charge < -0.3 is 9.64 Å². The molecule has 0 aliphatic carbocycles. The summed E-state index contributed by atoms with van der Waals surface area (Å²) in [4.78, 5) is 14.6. The third-order valence-electron chi connectivity index (χ3n) is 4.65. The van der Waals surface area contributed by atoms with E-state index in [0.29, 0.717) is 12.3 Å². The van der Waals surface area contributed by atoms with Crippen LogP contribution in [0.1, 0.15) is 26.3 Å². The second-order valence-electron chi connectivity index (χ2n) is 7.45. The maximum absolute atomic E-state index is 12.7. The number of benzene rings is 2. The van der Waals surface area contributed by atoms with E-state index in [2.05, 4.69) is 4.72 Å².